The first-order valence-electron chi connectivity index (χ1n) is 11.0. The van der Waals surface area contributed by atoms with Crippen LogP contribution in [0.5, 0.6) is 0 Å². The molecule has 1 saturated heterocycles. The fourth-order valence-corrected chi connectivity index (χ4v) is 3.34. The van der Waals surface area contributed by atoms with Crippen LogP contribution in [0, 0.1) is 5.82 Å². The van der Waals surface area contributed by atoms with Gasteiger partial charge >= 0.3 is 12.1 Å². The van der Waals surface area contributed by atoms with E-state index in [1.54, 1.807) is 30.2 Å². The van der Waals surface area contributed by atoms with Gasteiger partial charge in [0.15, 0.2) is 0 Å². The van der Waals surface area contributed by atoms with E-state index in [4.69, 9.17) is 9.47 Å². The third-order valence-corrected chi connectivity index (χ3v) is 5.01. The summed E-state index contributed by atoms with van der Waals surface area (Å²) in [6.45, 7) is 10.1. The molecule has 0 atom stereocenters. The Morgan fingerprint density at radius 1 is 1.09 bits per heavy atom. The van der Waals surface area contributed by atoms with Crippen LogP contribution >= 0.6 is 0 Å². The highest BCUT2D eigenvalue weighted by atomic mass is 19.1. The van der Waals surface area contributed by atoms with Crippen molar-refractivity contribution in [1.82, 2.24) is 9.88 Å². The van der Waals surface area contributed by atoms with Crippen molar-refractivity contribution in [3.63, 3.8) is 0 Å². The lowest BCUT2D eigenvalue weighted by Crippen LogP contribution is -2.50. The SMILES string of the molecule is CCOC(=O)c1ccc(C=Cc2ccc(N3CCN(C(=O)OC(C)(C)C)CC3)cn2)c(F)c1. The maximum absolute atomic E-state index is 14.3. The van der Waals surface area contributed by atoms with Gasteiger partial charge in [-0.3, -0.25) is 4.98 Å². The normalized spacial score (nSPS) is 14.5. The lowest BCUT2D eigenvalue weighted by molar-refractivity contribution is 0.0240. The number of carbonyl (C=O) groups excluding carboxylic acids is 2. The number of hydrogen-bond acceptors (Lipinski definition) is 6. The summed E-state index contributed by atoms with van der Waals surface area (Å²) in [5, 5.41) is 0. The number of nitrogens with zero attached hydrogens (tertiary/aromatic N) is 3. The Balaban J connectivity index is 1.57. The van der Waals surface area contributed by atoms with E-state index >= 15 is 0 Å². The summed E-state index contributed by atoms with van der Waals surface area (Å²) in [6.07, 6.45) is 4.81. The molecule has 7 nitrogen and oxygen atoms in total. The summed E-state index contributed by atoms with van der Waals surface area (Å²) < 4.78 is 24.6. The zero-order chi connectivity index (χ0) is 24.0. The number of hydrogen-bond donors (Lipinski definition) is 0. The number of aromatic nitrogens is 1. The Morgan fingerprint density at radius 2 is 1.82 bits per heavy atom. The summed E-state index contributed by atoms with van der Waals surface area (Å²) in [6, 6.07) is 8.06. The molecule has 0 spiro atoms. The molecule has 8 heteroatoms. The van der Waals surface area contributed by atoms with Gasteiger partial charge in [-0.25, -0.2) is 14.0 Å². The average molecular weight is 456 g/mol. The van der Waals surface area contributed by atoms with Crippen LogP contribution in [0.25, 0.3) is 12.2 Å². The van der Waals surface area contributed by atoms with Gasteiger partial charge in [0, 0.05) is 31.7 Å². The van der Waals surface area contributed by atoms with Gasteiger partial charge in [-0.1, -0.05) is 6.07 Å². The van der Waals surface area contributed by atoms with Gasteiger partial charge in [-0.15, -0.1) is 0 Å². The van der Waals surface area contributed by atoms with Crippen molar-refractivity contribution < 1.29 is 23.5 Å². The second kappa shape index (κ2) is 10.5. The molecule has 1 aliphatic heterocycles. The van der Waals surface area contributed by atoms with Crippen LogP contribution < -0.4 is 4.90 Å². The molecule has 0 aliphatic carbocycles. The van der Waals surface area contributed by atoms with E-state index in [-0.39, 0.29) is 18.3 Å². The number of benzene rings is 1. The maximum Gasteiger partial charge on any atom is 0.410 e. The van der Waals surface area contributed by atoms with Crippen LogP contribution in [-0.2, 0) is 9.47 Å². The number of carbonyl (C=O) groups is 2. The van der Waals surface area contributed by atoms with Gasteiger partial charge in [0.1, 0.15) is 11.4 Å². The lowest BCUT2D eigenvalue weighted by atomic mass is 10.1. The molecule has 0 bridgehead atoms. The smallest absolute Gasteiger partial charge is 0.410 e. The topological polar surface area (TPSA) is 72.0 Å². The predicted molar refractivity (Wildman–Crippen MR) is 126 cm³/mol. The van der Waals surface area contributed by atoms with Crippen molar-refractivity contribution in [3.05, 3.63) is 59.2 Å². The fraction of sp³-hybridized carbons (Fsp3) is 0.400. The van der Waals surface area contributed by atoms with Crippen molar-refractivity contribution in [3.8, 4) is 0 Å². The Kier molecular flexibility index (Phi) is 7.68. The Morgan fingerprint density at radius 3 is 2.39 bits per heavy atom. The number of esters is 1. The molecule has 1 aliphatic rings. The van der Waals surface area contributed by atoms with Crippen molar-refractivity contribution in [1.29, 1.82) is 0 Å². The van der Waals surface area contributed by atoms with Crippen LogP contribution in [0.3, 0.4) is 0 Å². The Hall–Kier alpha value is -3.42. The second-order valence-corrected chi connectivity index (χ2v) is 8.69. The number of halogens is 1. The van der Waals surface area contributed by atoms with Gasteiger partial charge in [0.2, 0.25) is 0 Å². The van der Waals surface area contributed by atoms with E-state index in [0.29, 0.717) is 37.4 Å². The molecule has 2 aromatic rings. The Bertz CT molecular complexity index is 1010. The first-order valence-corrected chi connectivity index (χ1v) is 11.0. The molecule has 0 unspecified atom stereocenters. The molecule has 0 saturated carbocycles. The van der Waals surface area contributed by atoms with Gasteiger partial charge in [0.05, 0.1) is 29.7 Å². The third-order valence-electron chi connectivity index (χ3n) is 5.01. The van der Waals surface area contributed by atoms with Gasteiger partial charge in [-0.05, 0) is 64.1 Å². The molecule has 2 heterocycles. The molecule has 1 aromatic carbocycles. The van der Waals surface area contributed by atoms with Crippen LogP contribution in [0.15, 0.2) is 36.5 Å². The number of piperazine rings is 1. The van der Waals surface area contributed by atoms with Crippen molar-refractivity contribution in [2.24, 2.45) is 0 Å². The van der Waals surface area contributed by atoms with E-state index in [9.17, 15) is 14.0 Å². The summed E-state index contributed by atoms with van der Waals surface area (Å²) in [5.41, 5.74) is 1.67. The largest absolute Gasteiger partial charge is 0.462 e. The molecular weight excluding hydrogens is 425 g/mol. The lowest BCUT2D eigenvalue weighted by Gasteiger charge is -2.36. The van der Waals surface area contributed by atoms with E-state index in [2.05, 4.69) is 9.88 Å². The monoisotopic (exact) mass is 455 g/mol. The minimum Gasteiger partial charge on any atom is -0.462 e. The van der Waals surface area contributed by atoms with Crippen molar-refractivity contribution >= 4 is 29.9 Å². The molecule has 0 radical (unpaired) electrons. The molecule has 33 heavy (non-hydrogen) atoms. The summed E-state index contributed by atoms with van der Waals surface area (Å²) in [5.74, 6) is -1.05. The van der Waals surface area contributed by atoms with E-state index in [1.165, 1.54) is 18.2 Å². The number of anilines is 1. The summed E-state index contributed by atoms with van der Waals surface area (Å²) in [7, 11) is 0. The molecule has 176 valence electrons. The first kappa shape index (κ1) is 24.2. The summed E-state index contributed by atoms with van der Waals surface area (Å²) in [4.78, 5) is 32.2. The number of pyridine rings is 1. The van der Waals surface area contributed by atoms with Crippen LogP contribution in [0.1, 0.15) is 49.3 Å². The minimum absolute atomic E-state index is 0.181. The van der Waals surface area contributed by atoms with Crippen molar-refractivity contribution in [2.75, 3.05) is 37.7 Å². The zero-order valence-electron chi connectivity index (χ0n) is 19.5. The van der Waals surface area contributed by atoms with Gasteiger partial charge in [0.25, 0.3) is 0 Å². The first-order chi connectivity index (χ1) is 15.7. The Labute approximate surface area is 193 Å². The van der Waals surface area contributed by atoms with Gasteiger partial charge in [-0.2, -0.15) is 0 Å². The molecule has 3 rings (SSSR count). The maximum atomic E-state index is 14.3. The number of amides is 1. The second-order valence-electron chi connectivity index (χ2n) is 8.69. The predicted octanol–water partition coefficient (Wildman–Crippen LogP) is 4.62. The van der Waals surface area contributed by atoms with Crippen LogP contribution in [-0.4, -0.2) is 60.3 Å². The highest BCUT2D eigenvalue weighted by molar-refractivity contribution is 5.89. The molecule has 1 aromatic heterocycles. The number of ether oxygens (including phenoxy) is 2. The van der Waals surface area contributed by atoms with Gasteiger partial charge < -0.3 is 19.3 Å². The molecule has 0 N–H and O–H groups in total. The summed E-state index contributed by atoms with van der Waals surface area (Å²) >= 11 is 0. The standard InChI is InChI=1S/C25H30FN3O4/c1-5-32-23(30)19-7-6-18(22(26)16-19)8-9-20-10-11-21(17-27-20)28-12-14-29(15-13-28)24(31)33-25(2,3)4/h6-11,16-17H,5,12-15H2,1-4H3. The quantitative estimate of drug-likeness (QED) is 0.613. The van der Waals surface area contributed by atoms with Crippen LogP contribution in [0.2, 0.25) is 0 Å². The third kappa shape index (κ3) is 6.78. The van der Waals surface area contributed by atoms with E-state index in [1.807, 2.05) is 32.9 Å². The zero-order valence-corrected chi connectivity index (χ0v) is 19.5. The van der Waals surface area contributed by atoms with E-state index in [0.717, 1.165) is 5.69 Å². The fourth-order valence-electron chi connectivity index (χ4n) is 3.34. The van der Waals surface area contributed by atoms with E-state index < -0.39 is 17.4 Å². The highest BCUT2D eigenvalue weighted by Crippen LogP contribution is 2.19. The molecule has 1 amide bonds. The highest BCUT2D eigenvalue weighted by Gasteiger charge is 2.26. The average Bonchev–Trinajstić information content (AvgIpc) is 2.78. The molecular formula is C25H30FN3O4. The number of rotatable bonds is 5. The minimum atomic E-state index is -0.545. The van der Waals surface area contributed by atoms with Crippen molar-refractivity contribution in [2.45, 2.75) is 33.3 Å². The van der Waals surface area contributed by atoms with Crippen LogP contribution in [0.4, 0.5) is 14.9 Å². The molecule has 1 fully saturated rings.